The minimum absolute atomic E-state index is 0.532. The fourth-order valence-electron chi connectivity index (χ4n) is 1.49. The predicted octanol–water partition coefficient (Wildman–Crippen LogP) is 2.60. The molecule has 0 fully saturated rings. The monoisotopic (exact) mass is 243 g/mol. The number of rotatable bonds is 4. The number of pyridine rings is 1. The second kappa shape index (κ2) is 5.31. The van der Waals surface area contributed by atoms with Gasteiger partial charge >= 0.3 is 5.97 Å². The van der Waals surface area contributed by atoms with Crippen LogP contribution in [0.25, 0.3) is 11.3 Å². The molecular formula is C14H13NO3. The molecule has 0 aliphatic carbocycles. The molecule has 4 nitrogen and oxygen atoms in total. The lowest BCUT2D eigenvalue weighted by Crippen LogP contribution is -2.22. The maximum absolute atomic E-state index is 10.7. The van der Waals surface area contributed by atoms with E-state index < -0.39 is 12.1 Å². The fourth-order valence-corrected chi connectivity index (χ4v) is 1.49. The first-order valence-electron chi connectivity index (χ1n) is 5.58. The van der Waals surface area contributed by atoms with Crippen LogP contribution in [0.3, 0.4) is 0 Å². The Labute approximate surface area is 105 Å². The van der Waals surface area contributed by atoms with Crippen LogP contribution < -0.4 is 4.74 Å². The van der Waals surface area contributed by atoms with Crippen LogP contribution in [0.4, 0.5) is 0 Å². The second-order valence-corrected chi connectivity index (χ2v) is 3.84. The van der Waals surface area contributed by atoms with Gasteiger partial charge in [0.25, 0.3) is 0 Å². The molecule has 0 saturated heterocycles. The van der Waals surface area contributed by atoms with E-state index in [-0.39, 0.29) is 0 Å². The van der Waals surface area contributed by atoms with Gasteiger partial charge in [0.2, 0.25) is 0 Å². The summed E-state index contributed by atoms with van der Waals surface area (Å²) in [5.41, 5.74) is 1.83. The molecule has 0 amide bonds. The van der Waals surface area contributed by atoms with Crippen molar-refractivity contribution in [1.82, 2.24) is 4.98 Å². The Kier molecular flexibility index (Phi) is 3.57. The fraction of sp³-hybridized carbons (Fsp3) is 0.143. The average Bonchev–Trinajstić information content (AvgIpc) is 2.40. The van der Waals surface area contributed by atoms with E-state index in [0.29, 0.717) is 5.75 Å². The Balaban J connectivity index is 2.13. The molecule has 1 unspecified atom stereocenters. The van der Waals surface area contributed by atoms with Crippen LogP contribution in [-0.4, -0.2) is 22.2 Å². The van der Waals surface area contributed by atoms with E-state index in [0.717, 1.165) is 11.3 Å². The van der Waals surface area contributed by atoms with Gasteiger partial charge in [-0.2, -0.15) is 0 Å². The molecule has 1 atom stereocenters. The Morgan fingerprint density at radius 2 is 1.94 bits per heavy atom. The predicted molar refractivity (Wildman–Crippen MR) is 67.4 cm³/mol. The molecule has 2 rings (SSSR count). The summed E-state index contributed by atoms with van der Waals surface area (Å²) in [5.74, 6) is -0.451. The normalized spacial score (nSPS) is 11.8. The maximum Gasteiger partial charge on any atom is 0.344 e. The molecule has 92 valence electrons. The molecule has 1 aromatic carbocycles. The number of hydrogen-bond donors (Lipinski definition) is 1. The van der Waals surface area contributed by atoms with Crippen LogP contribution in [-0.2, 0) is 4.79 Å². The maximum atomic E-state index is 10.7. The summed E-state index contributed by atoms with van der Waals surface area (Å²) in [6, 6.07) is 12.9. The SMILES string of the molecule is CC(Oc1ccc(-c2ccccn2)cc1)C(=O)O. The number of nitrogens with zero attached hydrogens (tertiary/aromatic N) is 1. The summed E-state index contributed by atoms with van der Waals surface area (Å²) < 4.78 is 5.25. The molecule has 0 aliphatic heterocycles. The number of carboxylic acid groups (broad SMARTS) is 1. The van der Waals surface area contributed by atoms with Crippen molar-refractivity contribution in [2.24, 2.45) is 0 Å². The highest BCUT2D eigenvalue weighted by Gasteiger charge is 2.12. The first kappa shape index (κ1) is 12.1. The van der Waals surface area contributed by atoms with Gasteiger partial charge in [0.15, 0.2) is 6.10 Å². The zero-order valence-electron chi connectivity index (χ0n) is 9.91. The van der Waals surface area contributed by atoms with Crippen molar-refractivity contribution in [1.29, 1.82) is 0 Å². The van der Waals surface area contributed by atoms with Gasteiger partial charge in [-0.3, -0.25) is 4.98 Å². The zero-order valence-corrected chi connectivity index (χ0v) is 9.91. The van der Waals surface area contributed by atoms with E-state index in [1.165, 1.54) is 6.92 Å². The standard InChI is InChI=1S/C14H13NO3/c1-10(14(16)17)18-12-7-5-11(6-8-12)13-4-2-3-9-15-13/h2-10H,1H3,(H,16,17). The van der Waals surface area contributed by atoms with Crippen molar-refractivity contribution >= 4 is 5.97 Å². The first-order valence-corrected chi connectivity index (χ1v) is 5.58. The first-order chi connectivity index (χ1) is 8.66. The number of hydrogen-bond acceptors (Lipinski definition) is 3. The largest absolute Gasteiger partial charge is 0.479 e. The summed E-state index contributed by atoms with van der Waals surface area (Å²) in [4.78, 5) is 14.9. The van der Waals surface area contributed by atoms with Crippen molar-refractivity contribution in [2.45, 2.75) is 13.0 Å². The molecule has 0 saturated carbocycles. The number of carbonyl (C=O) groups is 1. The van der Waals surface area contributed by atoms with Crippen molar-refractivity contribution in [2.75, 3.05) is 0 Å². The van der Waals surface area contributed by atoms with Crippen LogP contribution >= 0.6 is 0 Å². The van der Waals surface area contributed by atoms with Crippen LogP contribution in [0.5, 0.6) is 5.75 Å². The van der Waals surface area contributed by atoms with Gasteiger partial charge in [-0.15, -0.1) is 0 Å². The number of aliphatic carboxylic acids is 1. The zero-order chi connectivity index (χ0) is 13.0. The van der Waals surface area contributed by atoms with Gasteiger partial charge in [0, 0.05) is 11.8 Å². The van der Waals surface area contributed by atoms with Crippen molar-refractivity contribution < 1.29 is 14.6 Å². The summed E-state index contributed by atoms with van der Waals surface area (Å²) in [6.07, 6.45) is 0.873. The average molecular weight is 243 g/mol. The van der Waals surface area contributed by atoms with Gasteiger partial charge in [-0.25, -0.2) is 4.79 Å². The molecule has 0 radical (unpaired) electrons. The lowest BCUT2D eigenvalue weighted by molar-refractivity contribution is -0.144. The Morgan fingerprint density at radius 3 is 2.50 bits per heavy atom. The van der Waals surface area contributed by atoms with Gasteiger partial charge in [0.05, 0.1) is 5.69 Å². The van der Waals surface area contributed by atoms with E-state index in [4.69, 9.17) is 9.84 Å². The molecular weight excluding hydrogens is 230 g/mol. The third-order valence-corrected chi connectivity index (χ3v) is 2.48. The minimum Gasteiger partial charge on any atom is -0.479 e. The molecule has 0 aliphatic rings. The molecule has 1 heterocycles. The van der Waals surface area contributed by atoms with E-state index in [1.54, 1.807) is 18.3 Å². The molecule has 2 aromatic rings. The van der Waals surface area contributed by atoms with Gasteiger partial charge < -0.3 is 9.84 Å². The summed E-state index contributed by atoms with van der Waals surface area (Å²) in [5, 5.41) is 8.74. The second-order valence-electron chi connectivity index (χ2n) is 3.84. The number of benzene rings is 1. The highest BCUT2D eigenvalue weighted by atomic mass is 16.5. The molecule has 0 bridgehead atoms. The third-order valence-electron chi connectivity index (χ3n) is 2.48. The van der Waals surface area contributed by atoms with Crippen LogP contribution in [0.2, 0.25) is 0 Å². The topological polar surface area (TPSA) is 59.4 Å². The van der Waals surface area contributed by atoms with Gasteiger partial charge in [-0.1, -0.05) is 6.07 Å². The number of ether oxygens (including phenoxy) is 1. The Hall–Kier alpha value is -2.36. The van der Waals surface area contributed by atoms with E-state index in [9.17, 15) is 4.79 Å². The van der Waals surface area contributed by atoms with Crippen molar-refractivity contribution in [3.8, 4) is 17.0 Å². The van der Waals surface area contributed by atoms with Crippen LogP contribution in [0, 0.1) is 0 Å². The molecule has 18 heavy (non-hydrogen) atoms. The number of carboxylic acids is 1. The summed E-state index contributed by atoms with van der Waals surface area (Å²) >= 11 is 0. The van der Waals surface area contributed by atoms with Crippen LogP contribution in [0.15, 0.2) is 48.7 Å². The third kappa shape index (κ3) is 2.85. The Morgan fingerprint density at radius 1 is 1.22 bits per heavy atom. The van der Waals surface area contributed by atoms with E-state index in [2.05, 4.69) is 4.98 Å². The molecule has 1 aromatic heterocycles. The van der Waals surface area contributed by atoms with Crippen molar-refractivity contribution in [3.05, 3.63) is 48.7 Å². The van der Waals surface area contributed by atoms with E-state index >= 15 is 0 Å². The minimum atomic E-state index is -0.983. The van der Waals surface area contributed by atoms with E-state index in [1.807, 2.05) is 30.3 Å². The summed E-state index contributed by atoms with van der Waals surface area (Å²) in [6.45, 7) is 1.50. The lowest BCUT2D eigenvalue weighted by Gasteiger charge is -2.10. The van der Waals surface area contributed by atoms with Gasteiger partial charge in [-0.05, 0) is 43.3 Å². The smallest absolute Gasteiger partial charge is 0.344 e. The quantitative estimate of drug-likeness (QED) is 0.896. The highest BCUT2D eigenvalue weighted by Crippen LogP contribution is 2.20. The molecule has 0 spiro atoms. The Bertz CT molecular complexity index is 522. The molecule has 4 heteroatoms. The van der Waals surface area contributed by atoms with Crippen LogP contribution in [0.1, 0.15) is 6.92 Å². The number of aromatic nitrogens is 1. The van der Waals surface area contributed by atoms with Crippen molar-refractivity contribution in [3.63, 3.8) is 0 Å². The summed E-state index contributed by atoms with van der Waals surface area (Å²) in [7, 11) is 0. The van der Waals surface area contributed by atoms with Gasteiger partial charge in [0.1, 0.15) is 5.75 Å². The lowest BCUT2D eigenvalue weighted by atomic mass is 10.1. The molecule has 1 N–H and O–H groups in total. The highest BCUT2D eigenvalue weighted by molar-refractivity contribution is 5.72.